The molecule has 0 bridgehead atoms. The van der Waals surface area contributed by atoms with Gasteiger partial charge in [-0.15, -0.1) is 0 Å². The summed E-state index contributed by atoms with van der Waals surface area (Å²) in [6, 6.07) is 5.83. The smallest absolute Gasteiger partial charge is 0.272 e. The number of methoxy groups -OCH3 is 1. The first kappa shape index (κ1) is 27.5. The number of piperidine rings is 1. The van der Waals surface area contributed by atoms with Crippen molar-refractivity contribution in [3.63, 3.8) is 0 Å². The number of hydrogen-bond donors (Lipinski definition) is 2. The summed E-state index contributed by atoms with van der Waals surface area (Å²) < 4.78 is 16.9. The number of hydrogen-bond acceptors (Lipinski definition) is 6. The van der Waals surface area contributed by atoms with Crippen LogP contribution in [0.2, 0.25) is 10.0 Å². The molecule has 0 aromatic heterocycles. The van der Waals surface area contributed by atoms with Crippen LogP contribution in [0.25, 0.3) is 0 Å². The van der Waals surface area contributed by atoms with Gasteiger partial charge in [-0.05, 0) is 43.9 Å². The quantitative estimate of drug-likeness (QED) is 0.168. The van der Waals surface area contributed by atoms with Crippen molar-refractivity contribution >= 4 is 35.4 Å². The largest absolute Gasteiger partial charge is 0.489 e. The number of rotatable bonds is 9. The van der Waals surface area contributed by atoms with Gasteiger partial charge in [0.2, 0.25) is 0 Å². The molecule has 0 saturated carbocycles. The Bertz CT molecular complexity index is 961. The molecule has 2 fully saturated rings. The fraction of sp³-hybridized carbons (Fsp3) is 0.520. The van der Waals surface area contributed by atoms with Gasteiger partial charge in [-0.2, -0.15) is 0 Å². The number of ether oxygens (including phenoxy) is 3. The third kappa shape index (κ3) is 7.44. The number of amides is 1. The van der Waals surface area contributed by atoms with Crippen LogP contribution in [-0.2, 0) is 25.6 Å². The second-order valence-corrected chi connectivity index (χ2v) is 9.50. The van der Waals surface area contributed by atoms with E-state index in [1.165, 1.54) is 0 Å². The molecule has 1 aromatic carbocycles. The van der Waals surface area contributed by atoms with E-state index in [1.54, 1.807) is 31.1 Å². The zero-order chi connectivity index (χ0) is 25.4. The molecule has 1 aromatic rings. The van der Waals surface area contributed by atoms with Crippen molar-refractivity contribution in [2.75, 3.05) is 33.4 Å². The van der Waals surface area contributed by atoms with Crippen LogP contribution in [0.5, 0.6) is 0 Å². The number of nitrogens with two attached hydrogens (primary N) is 1. The zero-order valence-electron chi connectivity index (χ0n) is 20.3. The summed E-state index contributed by atoms with van der Waals surface area (Å²) in [6.45, 7) is 8.53. The molecular weight excluding hydrogens is 491 g/mol. The number of benzene rings is 1. The lowest BCUT2D eigenvalue weighted by atomic mass is 9.99. The van der Waals surface area contributed by atoms with E-state index in [9.17, 15) is 4.79 Å². The summed E-state index contributed by atoms with van der Waals surface area (Å²) >= 11 is 12.0. The van der Waals surface area contributed by atoms with Gasteiger partial charge in [-0.25, -0.2) is 4.99 Å². The van der Waals surface area contributed by atoms with Crippen LogP contribution < -0.4 is 11.1 Å². The van der Waals surface area contributed by atoms with Gasteiger partial charge in [0, 0.05) is 44.5 Å². The van der Waals surface area contributed by atoms with E-state index in [1.807, 2.05) is 6.07 Å². The van der Waals surface area contributed by atoms with Crippen LogP contribution in [0.15, 0.2) is 46.8 Å². The van der Waals surface area contributed by atoms with E-state index in [0.717, 1.165) is 37.8 Å². The minimum atomic E-state index is -0.192. The molecular formula is C25H34Cl2N4O4. The Balaban J connectivity index is 1.58. The van der Waals surface area contributed by atoms with E-state index in [-0.39, 0.29) is 30.4 Å². The lowest BCUT2D eigenvalue weighted by Gasteiger charge is -2.38. The lowest BCUT2D eigenvalue weighted by molar-refractivity contribution is -0.128. The fourth-order valence-corrected chi connectivity index (χ4v) is 4.58. The highest BCUT2D eigenvalue weighted by Crippen LogP contribution is 2.25. The first-order valence-electron chi connectivity index (χ1n) is 11.7. The summed E-state index contributed by atoms with van der Waals surface area (Å²) in [5.41, 5.74) is 7.14. The number of nitrogens with one attached hydrogen (secondary N) is 1. The number of carbonyl (C=O) groups excluding carboxylic acids is 1. The fourth-order valence-electron chi connectivity index (χ4n) is 4.26. The highest BCUT2D eigenvalue weighted by Gasteiger charge is 2.31. The molecule has 0 radical (unpaired) electrons. The first-order chi connectivity index (χ1) is 16.8. The Morgan fingerprint density at radius 1 is 1.31 bits per heavy atom. The van der Waals surface area contributed by atoms with E-state index < -0.39 is 0 Å². The zero-order valence-corrected chi connectivity index (χ0v) is 21.8. The van der Waals surface area contributed by atoms with Crippen LogP contribution in [0.1, 0.15) is 31.7 Å². The molecule has 2 unspecified atom stereocenters. The summed E-state index contributed by atoms with van der Waals surface area (Å²) in [7, 11) is 1.71. The van der Waals surface area contributed by atoms with Crippen LogP contribution >= 0.6 is 23.2 Å². The summed E-state index contributed by atoms with van der Waals surface area (Å²) in [5, 5.41) is 4.62. The molecule has 192 valence electrons. The molecule has 2 aliphatic heterocycles. The molecule has 3 rings (SSSR count). The van der Waals surface area contributed by atoms with Gasteiger partial charge in [0.15, 0.2) is 0 Å². The molecule has 0 spiro atoms. The minimum absolute atomic E-state index is 0.0504. The second-order valence-electron chi connectivity index (χ2n) is 8.69. The van der Waals surface area contributed by atoms with E-state index in [0.29, 0.717) is 47.1 Å². The average Bonchev–Trinajstić information content (AvgIpc) is 2.87. The molecule has 35 heavy (non-hydrogen) atoms. The van der Waals surface area contributed by atoms with Gasteiger partial charge < -0.3 is 30.2 Å². The van der Waals surface area contributed by atoms with Crippen molar-refractivity contribution in [1.29, 1.82) is 0 Å². The Kier molecular flexibility index (Phi) is 10.4. The molecule has 2 atom stereocenters. The van der Waals surface area contributed by atoms with Crippen molar-refractivity contribution in [1.82, 2.24) is 10.2 Å². The maximum absolute atomic E-state index is 13.3. The highest BCUT2D eigenvalue weighted by molar-refractivity contribution is 6.42. The third-order valence-corrected chi connectivity index (χ3v) is 7.15. The van der Waals surface area contributed by atoms with Crippen molar-refractivity contribution in [3.8, 4) is 0 Å². The molecule has 0 aliphatic carbocycles. The number of halogens is 2. The van der Waals surface area contributed by atoms with Crippen molar-refractivity contribution < 1.29 is 19.0 Å². The number of nitrogens with zero attached hydrogens (tertiary/aromatic N) is 2. The highest BCUT2D eigenvalue weighted by atomic mass is 35.5. The lowest BCUT2D eigenvalue weighted by Crippen LogP contribution is -2.54. The van der Waals surface area contributed by atoms with Gasteiger partial charge >= 0.3 is 0 Å². The Hall–Kier alpha value is -2.10. The predicted octanol–water partition coefficient (Wildman–Crippen LogP) is 3.67. The van der Waals surface area contributed by atoms with Crippen LogP contribution in [-0.4, -0.2) is 68.7 Å². The van der Waals surface area contributed by atoms with E-state index in [4.69, 9.17) is 43.1 Å². The van der Waals surface area contributed by atoms with Gasteiger partial charge in [-0.1, -0.05) is 35.8 Å². The van der Waals surface area contributed by atoms with E-state index in [2.05, 4.69) is 16.9 Å². The first-order valence-corrected chi connectivity index (χ1v) is 12.5. The Labute approximate surface area is 217 Å². The van der Waals surface area contributed by atoms with Crippen LogP contribution in [0, 0.1) is 0 Å². The van der Waals surface area contributed by atoms with Gasteiger partial charge in [0.1, 0.15) is 18.1 Å². The molecule has 2 saturated heterocycles. The maximum Gasteiger partial charge on any atom is 0.272 e. The number of likely N-dealkylation sites (tertiary alicyclic amines) is 1. The molecule has 2 heterocycles. The molecule has 2 aliphatic rings. The van der Waals surface area contributed by atoms with Gasteiger partial charge in [-0.3, -0.25) is 4.79 Å². The number of allylic oxidation sites excluding steroid dienone is 1. The predicted molar refractivity (Wildman–Crippen MR) is 139 cm³/mol. The number of carbonyl (C=O) groups is 1. The van der Waals surface area contributed by atoms with Gasteiger partial charge in [0.25, 0.3) is 5.91 Å². The molecule has 10 heteroatoms. The maximum atomic E-state index is 13.3. The standard InChI is InChI=1S/C25H34Cl2N4O4/c1-16(17(2)35-13-18-4-5-20(26)21(27)12-18)24(29-15-28)25(32)31-9-6-19(7-10-31)30-22-8-11-34-14-23(22)33-3/h4-5,12,15,19,22-23,30H,2,6-11,13-14H2,1,3H3,(H2,28,29)/b24-16-. The molecule has 3 N–H and O–H groups in total. The summed E-state index contributed by atoms with van der Waals surface area (Å²) in [6.07, 6.45) is 3.77. The van der Waals surface area contributed by atoms with Crippen LogP contribution in [0.3, 0.4) is 0 Å². The average molecular weight is 525 g/mol. The topological polar surface area (TPSA) is 98.4 Å². The van der Waals surface area contributed by atoms with Crippen molar-refractivity contribution in [2.24, 2.45) is 10.7 Å². The minimum Gasteiger partial charge on any atom is -0.489 e. The molecule has 1 amide bonds. The van der Waals surface area contributed by atoms with E-state index >= 15 is 0 Å². The number of aliphatic imine (C=N–C) groups is 1. The van der Waals surface area contributed by atoms with Crippen molar-refractivity contribution in [3.05, 3.63) is 57.4 Å². The molecule has 8 nitrogen and oxygen atoms in total. The Morgan fingerprint density at radius 3 is 2.71 bits per heavy atom. The second kappa shape index (κ2) is 13.3. The van der Waals surface area contributed by atoms with Gasteiger partial charge in [0.05, 0.1) is 29.1 Å². The Morgan fingerprint density at radius 2 is 2.06 bits per heavy atom. The van der Waals surface area contributed by atoms with Crippen molar-refractivity contribution in [2.45, 2.75) is 51.0 Å². The monoisotopic (exact) mass is 524 g/mol. The normalized spacial score (nSPS) is 22.2. The third-order valence-electron chi connectivity index (χ3n) is 6.42. The van der Waals surface area contributed by atoms with Crippen LogP contribution in [0.4, 0.5) is 0 Å². The summed E-state index contributed by atoms with van der Waals surface area (Å²) in [4.78, 5) is 19.2. The SMILES string of the molecule is C=C(OCc1ccc(Cl)c(Cl)c1)/C(C)=C(\N=C/N)C(=O)N1CCC(NC2CCOCC2OC)CC1. The summed E-state index contributed by atoms with van der Waals surface area (Å²) in [5.74, 6) is 0.148.